The number of hydrogen-bond donors (Lipinski definition) is 3. The predicted molar refractivity (Wildman–Crippen MR) is 188 cm³/mol. The topological polar surface area (TPSA) is 166 Å². The monoisotopic (exact) mass is 704 g/mol. The number of nitrogens with zero attached hydrogens (tertiary/aromatic N) is 2. The van der Waals surface area contributed by atoms with E-state index in [9.17, 15) is 24.3 Å². The van der Waals surface area contributed by atoms with Gasteiger partial charge in [0.05, 0.1) is 19.2 Å². The number of alkyl carbamates (subject to hydrolysis) is 1. The molecule has 2 aliphatic carbocycles. The lowest BCUT2D eigenvalue weighted by Crippen LogP contribution is -2.53. The van der Waals surface area contributed by atoms with Crippen LogP contribution in [0.2, 0.25) is 0 Å². The van der Waals surface area contributed by atoms with Gasteiger partial charge in [0.2, 0.25) is 17.7 Å². The van der Waals surface area contributed by atoms with Crippen LogP contribution in [0.25, 0.3) is 10.9 Å². The van der Waals surface area contributed by atoms with E-state index in [1.807, 2.05) is 31.2 Å². The van der Waals surface area contributed by atoms with Gasteiger partial charge in [0.25, 0.3) is 0 Å². The van der Waals surface area contributed by atoms with Gasteiger partial charge in [-0.1, -0.05) is 31.2 Å². The number of ether oxygens (including phenoxy) is 4. The summed E-state index contributed by atoms with van der Waals surface area (Å²) in [6.45, 7) is 5.90. The smallest absolute Gasteiger partial charge is 0.407 e. The molecule has 0 bridgehead atoms. The third-order valence-electron chi connectivity index (χ3n) is 10.5. The second-order valence-electron chi connectivity index (χ2n) is 14.0. The lowest BCUT2D eigenvalue weighted by Gasteiger charge is -2.27. The molecule has 13 heteroatoms. The number of aliphatic carboxylic acids is 1. The zero-order valence-electron chi connectivity index (χ0n) is 29.4. The van der Waals surface area contributed by atoms with Gasteiger partial charge in [-0.2, -0.15) is 0 Å². The van der Waals surface area contributed by atoms with Crippen LogP contribution in [0.15, 0.2) is 43.0 Å². The number of methoxy groups -OCH3 is 1. The Bertz CT molecular complexity index is 1690. The molecule has 1 aromatic heterocycles. The number of aryl methyl sites for hydroxylation is 1. The van der Waals surface area contributed by atoms with Crippen molar-refractivity contribution in [3.05, 3.63) is 48.6 Å². The SMILES string of the molecule is C=CCOc1cc(O[C@@H]2C[C@H]3C(=O)N[C@]4(C(=O)O)C[C@H]4/C=C\CCCC[C@H](NC(=O)OC4CCCC4)CC(=O)N3C2)c2ccc(OC)c(C)c2n1. The van der Waals surface area contributed by atoms with Crippen LogP contribution in [0.5, 0.6) is 17.4 Å². The number of hydrogen-bond acceptors (Lipinski definition) is 9. The first-order valence-corrected chi connectivity index (χ1v) is 18.0. The van der Waals surface area contributed by atoms with E-state index in [0.717, 1.165) is 50.5 Å². The highest BCUT2D eigenvalue weighted by Gasteiger charge is 2.61. The highest BCUT2D eigenvalue weighted by Crippen LogP contribution is 2.45. The summed E-state index contributed by atoms with van der Waals surface area (Å²) < 4.78 is 23.5. The summed E-state index contributed by atoms with van der Waals surface area (Å²) in [7, 11) is 1.58. The fraction of sp³-hybridized carbons (Fsp3) is 0.553. The Balaban J connectivity index is 1.28. The standard InChI is InChI=1S/C38H48N4O9/c1-4-17-49-32-20-31(28-15-16-30(48-3)23(2)34(28)40-32)50-27-19-29-35(44)41-38(36(45)46)21-24(38)11-7-5-6-8-12-25(18-33(43)42(29)22-27)39-37(47)51-26-13-9-10-14-26/h4,7,11,15-16,20,24-27,29H,1,5-6,8-10,12-14,17-19,21-22H2,2-3H3,(H,39,47)(H,41,44)(H,45,46)/b11-7-/t24-,25+,27-,29+,38-/m1/s1. The Kier molecular flexibility index (Phi) is 11.0. The molecule has 13 nitrogen and oxygen atoms in total. The maximum atomic E-state index is 14.1. The van der Waals surface area contributed by atoms with Crippen LogP contribution in [0.4, 0.5) is 4.79 Å². The van der Waals surface area contributed by atoms with Gasteiger partial charge in [-0.05, 0) is 70.4 Å². The first-order chi connectivity index (χ1) is 24.6. The van der Waals surface area contributed by atoms with Crippen molar-refractivity contribution in [3.8, 4) is 17.4 Å². The second kappa shape index (κ2) is 15.6. The van der Waals surface area contributed by atoms with E-state index in [-0.39, 0.29) is 50.3 Å². The second-order valence-corrected chi connectivity index (χ2v) is 14.0. The van der Waals surface area contributed by atoms with E-state index in [1.165, 1.54) is 4.90 Å². The first kappa shape index (κ1) is 36.0. The number of nitrogens with one attached hydrogen (secondary N) is 2. The summed E-state index contributed by atoms with van der Waals surface area (Å²) in [6, 6.07) is 3.83. The highest BCUT2D eigenvalue weighted by atomic mass is 16.6. The zero-order chi connectivity index (χ0) is 36.1. The summed E-state index contributed by atoms with van der Waals surface area (Å²) in [5, 5.41) is 16.6. The number of amides is 3. The molecule has 3 amide bonds. The van der Waals surface area contributed by atoms with Gasteiger partial charge in [0, 0.05) is 41.8 Å². The van der Waals surface area contributed by atoms with Gasteiger partial charge >= 0.3 is 12.1 Å². The van der Waals surface area contributed by atoms with Gasteiger partial charge in [-0.3, -0.25) is 9.59 Å². The molecule has 0 spiro atoms. The largest absolute Gasteiger partial charge is 0.496 e. The molecule has 5 atom stereocenters. The molecule has 4 aliphatic rings. The fourth-order valence-electron chi connectivity index (χ4n) is 7.57. The third kappa shape index (κ3) is 8.07. The van der Waals surface area contributed by atoms with Crippen molar-refractivity contribution in [3.63, 3.8) is 0 Å². The average molecular weight is 705 g/mol. The molecule has 2 aliphatic heterocycles. The molecule has 1 aromatic carbocycles. The highest BCUT2D eigenvalue weighted by molar-refractivity contribution is 5.95. The van der Waals surface area contributed by atoms with Crippen molar-refractivity contribution in [1.82, 2.24) is 20.5 Å². The molecule has 3 heterocycles. The minimum atomic E-state index is -1.43. The molecule has 6 rings (SSSR count). The summed E-state index contributed by atoms with van der Waals surface area (Å²) in [5.41, 5.74) is -0.0260. The van der Waals surface area contributed by atoms with Crippen LogP contribution in [0.1, 0.15) is 76.2 Å². The summed E-state index contributed by atoms with van der Waals surface area (Å²) in [5.74, 6) is -0.940. The van der Waals surface area contributed by atoms with Gasteiger partial charge < -0.3 is 39.6 Å². The maximum Gasteiger partial charge on any atom is 0.407 e. The average Bonchev–Trinajstić information content (AvgIpc) is 3.38. The van der Waals surface area contributed by atoms with E-state index < -0.39 is 41.7 Å². The number of rotatable bonds is 9. The van der Waals surface area contributed by atoms with Crippen LogP contribution in [-0.4, -0.2) is 89.0 Å². The molecule has 3 fully saturated rings. The molecule has 1 saturated heterocycles. The Hall–Kier alpha value is -4.81. The van der Waals surface area contributed by atoms with Crippen molar-refractivity contribution < 1.29 is 43.2 Å². The van der Waals surface area contributed by atoms with Gasteiger partial charge in [0.15, 0.2) is 0 Å². The van der Waals surface area contributed by atoms with Crippen molar-refractivity contribution >= 4 is 34.8 Å². The van der Waals surface area contributed by atoms with Crippen LogP contribution in [0.3, 0.4) is 0 Å². The Labute approximate surface area is 297 Å². The van der Waals surface area contributed by atoms with Crippen LogP contribution in [0, 0.1) is 12.8 Å². The number of pyridine rings is 1. The molecule has 2 aromatic rings. The summed E-state index contributed by atoms with van der Waals surface area (Å²) in [6.07, 6.45) is 11.0. The number of benzene rings is 1. The number of aromatic nitrogens is 1. The van der Waals surface area contributed by atoms with E-state index in [0.29, 0.717) is 34.7 Å². The van der Waals surface area contributed by atoms with Crippen molar-refractivity contribution in [2.45, 2.75) is 107 Å². The number of carboxylic acids is 1. The van der Waals surface area contributed by atoms with Crippen LogP contribution < -0.4 is 24.8 Å². The van der Waals surface area contributed by atoms with Gasteiger partial charge in [-0.15, -0.1) is 0 Å². The van der Waals surface area contributed by atoms with Crippen LogP contribution in [-0.2, 0) is 19.1 Å². The van der Waals surface area contributed by atoms with Gasteiger partial charge in [-0.25, -0.2) is 14.6 Å². The normalized spacial score (nSPS) is 27.6. The molecule has 0 unspecified atom stereocenters. The van der Waals surface area contributed by atoms with E-state index in [2.05, 4.69) is 22.2 Å². The maximum absolute atomic E-state index is 14.1. The number of carbonyl (C=O) groups excluding carboxylic acids is 3. The predicted octanol–water partition coefficient (Wildman–Crippen LogP) is 4.98. The molecule has 3 N–H and O–H groups in total. The van der Waals surface area contributed by atoms with E-state index in [4.69, 9.17) is 18.9 Å². The number of carboxylic acid groups (broad SMARTS) is 1. The lowest BCUT2D eigenvalue weighted by molar-refractivity contribution is -0.145. The lowest BCUT2D eigenvalue weighted by atomic mass is 10.0. The summed E-state index contributed by atoms with van der Waals surface area (Å²) >= 11 is 0. The van der Waals surface area contributed by atoms with Crippen molar-refractivity contribution in [1.29, 1.82) is 0 Å². The molecular formula is C38H48N4O9. The Morgan fingerprint density at radius 1 is 1.14 bits per heavy atom. The molecule has 51 heavy (non-hydrogen) atoms. The molecular weight excluding hydrogens is 656 g/mol. The fourth-order valence-corrected chi connectivity index (χ4v) is 7.57. The quantitative estimate of drug-likeness (QED) is 0.303. The van der Waals surface area contributed by atoms with Crippen molar-refractivity contribution in [2.24, 2.45) is 5.92 Å². The molecule has 2 saturated carbocycles. The number of allylic oxidation sites excluding steroid dienone is 1. The van der Waals surface area contributed by atoms with Gasteiger partial charge in [0.1, 0.15) is 41.9 Å². The zero-order valence-corrected chi connectivity index (χ0v) is 29.4. The summed E-state index contributed by atoms with van der Waals surface area (Å²) in [4.78, 5) is 59.6. The minimum absolute atomic E-state index is 0.0461. The number of fused-ring (bicyclic) bond motifs is 3. The minimum Gasteiger partial charge on any atom is -0.496 e. The number of carbonyl (C=O) groups is 4. The van der Waals surface area contributed by atoms with Crippen molar-refractivity contribution in [2.75, 3.05) is 20.3 Å². The third-order valence-corrected chi connectivity index (χ3v) is 10.5. The Morgan fingerprint density at radius 2 is 1.92 bits per heavy atom. The first-order valence-electron chi connectivity index (χ1n) is 18.0. The van der Waals surface area contributed by atoms with E-state index >= 15 is 0 Å². The molecule has 0 radical (unpaired) electrons. The van der Waals surface area contributed by atoms with Crippen LogP contribution >= 0.6 is 0 Å². The molecule has 274 valence electrons. The Morgan fingerprint density at radius 3 is 2.67 bits per heavy atom. The van der Waals surface area contributed by atoms with E-state index in [1.54, 1.807) is 19.3 Å².